The largest absolute Gasteiger partial charge is 0.348 e. The Bertz CT molecular complexity index is 1090. The molecule has 1 aromatic heterocycles. The van der Waals surface area contributed by atoms with E-state index in [0.29, 0.717) is 6.54 Å². The van der Waals surface area contributed by atoms with Crippen LogP contribution in [0.3, 0.4) is 0 Å². The lowest BCUT2D eigenvalue weighted by atomic mass is 9.49. The Morgan fingerprint density at radius 2 is 1.78 bits per heavy atom. The molecule has 4 bridgehead atoms. The molecule has 0 spiro atoms. The lowest BCUT2D eigenvalue weighted by Gasteiger charge is -2.55. The van der Waals surface area contributed by atoms with E-state index in [1.165, 1.54) is 36.6 Å². The zero-order valence-corrected chi connectivity index (χ0v) is 22.6. The second-order valence-corrected chi connectivity index (χ2v) is 12.4. The van der Waals surface area contributed by atoms with Crippen LogP contribution in [-0.4, -0.2) is 32.3 Å². The van der Waals surface area contributed by atoms with E-state index in [1.807, 2.05) is 26.0 Å². The van der Waals surface area contributed by atoms with Crippen molar-refractivity contribution in [1.29, 1.82) is 0 Å². The van der Waals surface area contributed by atoms with Gasteiger partial charge in [-0.2, -0.15) is 0 Å². The molecule has 4 fully saturated rings. The SMILES string of the molecule is CCCCn1c(CNC(=O)C23CC4CC(CC(C4)C2)C3)nnc1SCC(=O)Nc1ccc(C)cc1C. The van der Waals surface area contributed by atoms with Gasteiger partial charge in [0.15, 0.2) is 11.0 Å². The van der Waals surface area contributed by atoms with Crippen LogP contribution in [0, 0.1) is 37.0 Å². The predicted octanol–water partition coefficient (Wildman–Crippen LogP) is 5.26. The molecule has 0 atom stereocenters. The van der Waals surface area contributed by atoms with Crippen molar-refractivity contribution in [3.05, 3.63) is 35.2 Å². The minimum absolute atomic E-state index is 0.0614. The number of anilines is 1. The summed E-state index contributed by atoms with van der Waals surface area (Å²) in [6.07, 6.45) is 9.21. The Balaban J connectivity index is 1.20. The second kappa shape index (κ2) is 10.6. The van der Waals surface area contributed by atoms with Crippen LogP contribution in [0.25, 0.3) is 0 Å². The Labute approximate surface area is 218 Å². The monoisotopic (exact) mass is 509 g/mol. The van der Waals surface area contributed by atoms with Crippen molar-refractivity contribution in [3.8, 4) is 0 Å². The number of thioether (sulfide) groups is 1. The summed E-state index contributed by atoms with van der Waals surface area (Å²) in [6.45, 7) is 7.38. The van der Waals surface area contributed by atoms with Gasteiger partial charge in [0.2, 0.25) is 11.8 Å². The average molecular weight is 510 g/mol. The molecule has 2 N–H and O–H groups in total. The maximum Gasteiger partial charge on any atom is 0.234 e. The topological polar surface area (TPSA) is 88.9 Å². The number of aromatic nitrogens is 3. The minimum atomic E-state index is -0.160. The normalized spacial score (nSPS) is 26.2. The van der Waals surface area contributed by atoms with Gasteiger partial charge in [-0.1, -0.05) is 42.8 Å². The van der Waals surface area contributed by atoms with Crippen molar-refractivity contribution in [3.63, 3.8) is 0 Å². The average Bonchev–Trinajstić information content (AvgIpc) is 3.22. The first-order valence-electron chi connectivity index (χ1n) is 13.6. The Morgan fingerprint density at radius 3 is 2.42 bits per heavy atom. The Kier molecular flexibility index (Phi) is 7.42. The number of carbonyl (C=O) groups excluding carboxylic acids is 2. The smallest absolute Gasteiger partial charge is 0.234 e. The van der Waals surface area contributed by atoms with Crippen LogP contribution >= 0.6 is 11.8 Å². The maximum atomic E-state index is 13.4. The van der Waals surface area contributed by atoms with Crippen molar-refractivity contribution >= 4 is 29.3 Å². The van der Waals surface area contributed by atoms with Gasteiger partial charge in [0.1, 0.15) is 0 Å². The molecular formula is C28H39N5O2S. The highest BCUT2D eigenvalue weighted by molar-refractivity contribution is 7.99. The van der Waals surface area contributed by atoms with Gasteiger partial charge in [0.25, 0.3) is 0 Å². The summed E-state index contributed by atoms with van der Waals surface area (Å²) in [5.41, 5.74) is 2.90. The molecule has 1 heterocycles. The molecular weight excluding hydrogens is 470 g/mol. The molecule has 6 rings (SSSR count). The van der Waals surface area contributed by atoms with Crippen LogP contribution < -0.4 is 10.6 Å². The highest BCUT2D eigenvalue weighted by Gasteiger charge is 2.54. The van der Waals surface area contributed by atoms with Crippen molar-refractivity contribution < 1.29 is 9.59 Å². The molecule has 0 aliphatic heterocycles. The molecule has 4 saturated carbocycles. The summed E-state index contributed by atoms with van der Waals surface area (Å²) < 4.78 is 2.08. The summed E-state index contributed by atoms with van der Waals surface area (Å²) >= 11 is 1.40. The fourth-order valence-corrected chi connectivity index (χ4v) is 7.89. The lowest BCUT2D eigenvalue weighted by Crippen LogP contribution is -2.53. The summed E-state index contributed by atoms with van der Waals surface area (Å²) in [7, 11) is 0. The van der Waals surface area contributed by atoms with E-state index < -0.39 is 0 Å². The van der Waals surface area contributed by atoms with Crippen LogP contribution in [0.2, 0.25) is 0 Å². The summed E-state index contributed by atoms with van der Waals surface area (Å²) in [6, 6.07) is 6.01. The Hall–Kier alpha value is -2.35. The van der Waals surface area contributed by atoms with Crippen LogP contribution in [0.15, 0.2) is 23.4 Å². The third-order valence-corrected chi connectivity index (χ3v) is 9.41. The summed E-state index contributed by atoms with van der Waals surface area (Å²) in [5, 5.41) is 15.8. The summed E-state index contributed by atoms with van der Waals surface area (Å²) in [5.74, 6) is 3.42. The molecule has 2 amide bonds. The van der Waals surface area contributed by atoms with Crippen LogP contribution in [0.5, 0.6) is 0 Å². The van der Waals surface area contributed by atoms with E-state index in [9.17, 15) is 9.59 Å². The highest BCUT2D eigenvalue weighted by atomic mass is 32.2. The molecule has 8 heteroatoms. The van der Waals surface area contributed by atoms with E-state index in [-0.39, 0.29) is 23.0 Å². The van der Waals surface area contributed by atoms with E-state index in [0.717, 1.165) is 78.6 Å². The number of hydrogen-bond acceptors (Lipinski definition) is 5. The molecule has 0 radical (unpaired) electrons. The van der Waals surface area contributed by atoms with Crippen molar-refractivity contribution in [2.75, 3.05) is 11.1 Å². The highest BCUT2D eigenvalue weighted by Crippen LogP contribution is 2.60. The first-order valence-corrected chi connectivity index (χ1v) is 14.5. The number of aryl methyl sites for hydroxylation is 2. The third kappa shape index (κ3) is 5.34. The molecule has 7 nitrogen and oxygen atoms in total. The van der Waals surface area contributed by atoms with E-state index in [2.05, 4.69) is 38.4 Å². The van der Waals surface area contributed by atoms with Gasteiger partial charge in [0, 0.05) is 17.6 Å². The first kappa shape index (κ1) is 25.3. The molecule has 1 aromatic carbocycles. The lowest BCUT2D eigenvalue weighted by molar-refractivity contribution is -0.146. The van der Waals surface area contributed by atoms with Gasteiger partial charge in [-0.05, 0) is 88.2 Å². The van der Waals surface area contributed by atoms with Crippen LogP contribution in [0.4, 0.5) is 5.69 Å². The van der Waals surface area contributed by atoms with Crippen molar-refractivity contribution in [2.45, 2.75) is 90.4 Å². The number of benzene rings is 1. The van der Waals surface area contributed by atoms with Gasteiger partial charge >= 0.3 is 0 Å². The predicted molar refractivity (Wildman–Crippen MR) is 143 cm³/mol. The summed E-state index contributed by atoms with van der Waals surface area (Å²) in [4.78, 5) is 26.0. The van der Waals surface area contributed by atoms with Crippen molar-refractivity contribution in [2.24, 2.45) is 23.2 Å². The number of amides is 2. The molecule has 4 aliphatic rings. The van der Waals surface area contributed by atoms with E-state index in [1.54, 1.807) is 0 Å². The standard InChI is InChI=1S/C28H39N5O2S/c1-4-5-8-33-24(16-29-26(35)28-13-20-10-21(14-28)12-22(11-20)15-28)31-32-27(33)36-17-25(34)30-23-7-6-18(2)9-19(23)3/h6-7,9,20-22H,4-5,8,10-17H2,1-3H3,(H,29,35)(H,30,34). The van der Waals surface area contributed by atoms with Gasteiger partial charge in [-0.25, -0.2) is 0 Å². The minimum Gasteiger partial charge on any atom is -0.348 e. The number of hydrogen-bond donors (Lipinski definition) is 2. The van der Waals surface area contributed by atoms with Gasteiger partial charge < -0.3 is 15.2 Å². The first-order chi connectivity index (χ1) is 17.3. The molecule has 4 aliphatic carbocycles. The number of nitrogens with zero attached hydrogens (tertiary/aromatic N) is 3. The van der Waals surface area contributed by atoms with Gasteiger partial charge in [-0.15, -0.1) is 10.2 Å². The molecule has 194 valence electrons. The molecule has 0 unspecified atom stereocenters. The van der Waals surface area contributed by atoms with Crippen molar-refractivity contribution in [1.82, 2.24) is 20.1 Å². The number of unbranched alkanes of at least 4 members (excludes halogenated alkanes) is 1. The second-order valence-electron chi connectivity index (χ2n) is 11.4. The van der Waals surface area contributed by atoms with E-state index >= 15 is 0 Å². The quantitative estimate of drug-likeness (QED) is 0.427. The zero-order valence-electron chi connectivity index (χ0n) is 21.8. The molecule has 2 aromatic rings. The van der Waals surface area contributed by atoms with Crippen LogP contribution in [-0.2, 0) is 22.7 Å². The zero-order chi connectivity index (χ0) is 25.3. The van der Waals surface area contributed by atoms with E-state index in [4.69, 9.17) is 0 Å². The number of rotatable bonds is 10. The maximum absolute atomic E-state index is 13.4. The number of nitrogens with one attached hydrogen (secondary N) is 2. The molecule has 0 saturated heterocycles. The Morgan fingerprint density at radius 1 is 1.08 bits per heavy atom. The fraction of sp³-hybridized carbons (Fsp3) is 0.643. The number of carbonyl (C=O) groups is 2. The molecule has 36 heavy (non-hydrogen) atoms. The fourth-order valence-electron chi connectivity index (χ4n) is 7.10. The third-order valence-electron chi connectivity index (χ3n) is 8.44. The van der Waals surface area contributed by atoms with Gasteiger partial charge in [-0.3, -0.25) is 9.59 Å². The van der Waals surface area contributed by atoms with Gasteiger partial charge in [0.05, 0.1) is 12.3 Å². The van der Waals surface area contributed by atoms with Crippen LogP contribution in [0.1, 0.15) is 75.2 Å².